The van der Waals surface area contributed by atoms with Crippen LogP contribution in [-0.2, 0) is 19.6 Å². The molecule has 2 aromatic heterocycles. The summed E-state index contributed by atoms with van der Waals surface area (Å²) >= 11 is 0. The van der Waals surface area contributed by atoms with E-state index >= 15 is 0 Å². The number of benzene rings is 2. The first-order chi connectivity index (χ1) is 14.6. The highest BCUT2D eigenvalue weighted by molar-refractivity contribution is 5.51. The van der Waals surface area contributed by atoms with E-state index in [4.69, 9.17) is 11.2 Å². The van der Waals surface area contributed by atoms with E-state index in [2.05, 4.69) is 72.2 Å². The molecule has 0 aliphatic carbocycles. The Morgan fingerprint density at radius 2 is 1.65 bits per heavy atom. The lowest BCUT2D eigenvalue weighted by molar-refractivity contribution is -0.520. The van der Waals surface area contributed by atoms with Crippen LogP contribution in [0, 0.1) is 33.1 Å². The molecule has 2 aromatic carbocycles. The summed E-state index contributed by atoms with van der Waals surface area (Å²) in [6, 6.07) is 21.0. The molecule has 0 bridgehead atoms. The highest BCUT2D eigenvalue weighted by Crippen LogP contribution is 2.24. The van der Waals surface area contributed by atoms with E-state index in [9.17, 15) is 0 Å². The number of aromatic nitrogens is 2. The van der Waals surface area contributed by atoms with Crippen LogP contribution in [0.4, 0.5) is 0 Å². The number of aryl methyl sites for hydroxylation is 2. The van der Waals surface area contributed by atoms with Gasteiger partial charge in [0.2, 0.25) is 5.75 Å². The third-order valence-corrected chi connectivity index (χ3v) is 5.43. The maximum atomic E-state index is 6.28. The van der Waals surface area contributed by atoms with Crippen molar-refractivity contribution in [2.45, 2.75) is 40.3 Å². The average molecular weight is 475 g/mol. The molecule has 0 saturated carbocycles. The van der Waals surface area contributed by atoms with Crippen LogP contribution in [0.25, 0.3) is 5.65 Å². The molecule has 0 spiro atoms. The highest BCUT2D eigenvalue weighted by Gasteiger charge is 2.26. The number of halogens is 1. The summed E-state index contributed by atoms with van der Waals surface area (Å²) in [4.78, 5) is 0. The summed E-state index contributed by atoms with van der Waals surface area (Å²) in [7, 11) is 0. The number of nitrogens with zero attached hydrogens (tertiary/aromatic N) is 2. The highest BCUT2D eigenvalue weighted by atomic mass is 79.9. The lowest BCUT2D eigenvalue weighted by atomic mass is 10.1. The zero-order chi connectivity index (χ0) is 21.1. The molecule has 0 aliphatic heterocycles. The zero-order valence-corrected chi connectivity index (χ0v) is 19.8. The molecule has 0 amide bonds. The van der Waals surface area contributed by atoms with Crippen LogP contribution in [0.1, 0.15) is 33.6 Å². The van der Waals surface area contributed by atoms with Crippen molar-refractivity contribution < 1.29 is 26.1 Å². The van der Waals surface area contributed by atoms with Gasteiger partial charge in [0.05, 0.1) is 12.6 Å². The summed E-state index contributed by atoms with van der Waals surface area (Å²) in [6.45, 7) is 7.73. The lowest BCUT2D eigenvalue weighted by Crippen LogP contribution is -3.00. The van der Waals surface area contributed by atoms with Crippen molar-refractivity contribution in [3.05, 3.63) is 101 Å². The van der Waals surface area contributed by atoms with Crippen molar-refractivity contribution in [2.24, 2.45) is 0 Å². The van der Waals surface area contributed by atoms with Crippen molar-refractivity contribution in [3.8, 4) is 18.1 Å². The first kappa shape index (κ1) is 22.7. The maximum absolute atomic E-state index is 6.28. The van der Waals surface area contributed by atoms with Gasteiger partial charge in [-0.3, -0.25) is 0 Å². The van der Waals surface area contributed by atoms with Crippen LogP contribution in [-0.4, -0.2) is 4.57 Å². The Morgan fingerprint density at radius 1 is 0.935 bits per heavy atom. The third-order valence-electron chi connectivity index (χ3n) is 5.43. The maximum Gasteiger partial charge on any atom is 0.330 e. The van der Waals surface area contributed by atoms with E-state index in [0.29, 0.717) is 13.0 Å². The van der Waals surface area contributed by atoms with E-state index < -0.39 is 0 Å². The molecule has 158 valence electrons. The first-order valence-electron chi connectivity index (χ1n) is 10.3. The number of rotatable bonds is 6. The van der Waals surface area contributed by atoms with Crippen molar-refractivity contribution in [3.63, 3.8) is 0 Å². The van der Waals surface area contributed by atoms with Gasteiger partial charge in [0.15, 0.2) is 5.69 Å². The number of fused-ring (bicyclic) bond motifs is 1. The van der Waals surface area contributed by atoms with Crippen LogP contribution in [0.3, 0.4) is 0 Å². The number of terminal acetylenes is 1. The Balaban J connectivity index is 0.00000272. The van der Waals surface area contributed by atoms with Crippen LogP contribution < -0.4 is 26.1 Å². The van der Waals surface area contributed by atoms with Gasteiger partial charge in [-0.1, -0.05) is 65.6 Å². The summed E-state index contributed by atoms with van der Waals surface area (Å²) in [5.41, 5.74) is 8.30. The molecule has 0 N–H and O–H groups in total. The fourth-order valence-electron chi connectivity index (χ4n) is 4.14. The van der Waals surface area contributed by atoms with Gasteiger partial charge in [-0.25, -0.2) is 4.57 Å². The average Bonchev–Trinajstić information content (AvgIpc) is 2.99. The second-order valence-corrected chi connectivity index (χ2v) is 7.84. The number of hydrogen-bond donors (Lipinski definition) is 0. The minimum Gasteiger partial charge on any atom is -1.00 e. The van der Waals surface area contributed by atoms with Crippen LogP contribution in [0.5, 0.6) is 5.75 Å². The summed E-state index contributed by atoms with van der Waals surface area (Å²) < 4.78 is 10.8. The van der Waals surface area contributed by atoms with E-state index in [1.54, 1.807) is 0 Å². The Hall–Kier alpha value is -3.03. The number of ether oxygens (including phenoxy) is 1. The standard InChI is InChI=1S/C27H27N2O.BrH/c1-5-10-25-22(4)29(18-24-16-20(2)15-21(3)17-24)27-26(13-9-14-28(25)27)30-19-23-11-7-6-8-12-23;/h1,6-9,11-17H,10,18-19H2,2-4H3;1H/q+1;/p-1. The number of pyridine rings is 1. The second-order valence-electron chi connectivity index (χ2n) is 7.84. The van der Waals surface area contributed by atoms with Crippen LogP contribution in [0.15, 0.2) is 66.9 Å². The monoisotopic (exact) mass is 474 g/mol. The molecular formula is C27H27BrN2O. The summed E-state index contributed by atoms with van der Waals surface area (Å²) in [5, 5.41) is 0. The van der Waals surface area contributed by atoms with Crippen molar-refractivity contribution in [2.75, 3.05) is 0 Å². The molecule has 31 heavy (non-hydrogen) atoms. The lowest BCUT2D eigenvalue weighted by Gasteiger charge is -2.08. The van der Waals surface area contributed by atoms with Gasteiger partial charge in [0.25, 0.3) is 0 Å². The van der Waals surface area contributed by atoms with E-state index in [-0.39, 0.29) is 17.0 Å². The van der Waals surface area contributed by atoms with Gasteiger partial charge in [-0.15, -0.1) is 6.42 Å². The molecule has 0 radical (unpaired) electrons. The van der Waals surface area contributed by atoms with Gasteiger partial charge >= 0.3 is 5.65 Å². The van der Waals surface area contributed by atoms with Gasteiger partial charge in [-0.05, 0) is 37.1 Å². The number of imidazole rings is 1. The van der Waals surface area contributed by atoms with Gasteiger partial charge < -0.3 is 21.7 Å². The zero-order valence-electron chi connectivity index (χ0n) is 18.2. The molecule has 0 aliphatic rings. The molecular weight excluding hydrogens is 448 g/mol. The molecule has 3 nitrogen and oxygen atoms in total. The molecule has 2 heterocycles. The Kier molecular flexibility index (Phi) is 7.20. The van der Waals surface area contributed by atoms with Gasteiger partial charge in [-0.2, -0.15) is 4.40 Å². The molecule has 0 unspecified atom stereocenters. The second kappa shape index (κ2) is 9.85. The van der Waals surface area contributed by atoms with Gasteiger partial charge in [0.1, 0.15) is 18.8 Å². The third kappa shape index (κ3) is 4.84. The minimum atomic E-state index is 0. The first-order valence-corrected chi connectivity index (χ1v) is 10.3. The van der Waals surface area contributed by atoms with E-state index in [1.807, 2.05) is 30.3 Å². The molecule has 0 atom stereocenters. The predicted octanol–water partition coefficient (Wildman–Crippen LogP) is 1.96. The summed E-state index contributed by atoms with van der Waals surface area (Å²) in [5.74, 6) is 3.67. The Bertz CT molecular complexity index is 1220. The smallest absolute Gasteiger partial charge is 0.330 e. The molecule has 4 heteroatoms. The SMILES string of the molecule is C#CCc1c(C)n(Cc2cc(C)cc(C)c2)c2c(OCc3ccccc3)ccc[n+]12.[Br-]. The van der Waals surface area contributed by atoms with Crippen molar-refractivity contribution >= 4 is 5.65 Å². The fraction of sp³-hybridized carbons (Fsp3) is 0.222. The largest absolute Gasteiger partial charge is 1.00 e. The normalized spacial score (nSPS) is 10.5. The Morgan fingerprint density at radius 3 is 2.32 bits per heavy atom. The number of hydrogen-bond acceptors (Lipinski definition) is 1. The van der Waals surface area contributed by atoms with Crippen molar-refractivity contribution in [1.82, 2.24) is 4.57 Å². The van der Waals surface area contributed by atoms with E-state index in [0.717, 1.165) is 29.2 Å². The quantitative estimate of drug-likeness (QED) is 0.308. The topological polar surface area (TPSA) is 18.3 Å². The molecule has 0 fully saturated rings. The molecule has 4 rings (SSSR count). The van der Waals surface area contributed by atoms with Crippen LogP contribution >= 0.6 is 0 Å². The molecule has 4 aromatic rings. The summed E-state index contributed by atoms with van der Waals surface area (Å²) in [6.07, 6.45) is 8.34. The predicted molar refractivity (Wildman–Crippen MR) is 121 cm³/mol. The minimum absolute atomic E-state index is 0. The van der Waals surface area contributed by atoms with E-state index in [1.165, 1.54) is 22.4 Å². The fourth-order valence-corrected chi connectivity index (χ4v) is 4.14. The Labute approximate surface area is 195 Å². The molecule has 0 saturated heterocycles. The van der Waals surface area contributed by atoms with Gasteiger partial charge in [0, 0.05) is 6.92 Å². The van der Waals surface area contributed by atoms with Crippen LogP contribution in [0.2, 0.25) is 0 Å². The van der Waals surface area contributed by atoms with Crippen molar-refractivity contribution in [1.29, 1.82) is 0 Å².